The third-order valence-electron chi connectivity index (χ3n) is 2.75. The van der Waals surface area contributed by atoms with Crippen molar-refractivity contribution < 1.29 is 13.9 Å². The average molecular weight is 249 g/mol. The molecule has 0 fully saturated rings. The van der Waals surface area contributed by atoms with Crippen LogP contribution in [-0.4, -0.2) is 10.1 Å². The minimum atomic E-state index is -2.49. The molecule has 0 saturated carbocycles. The summed E-state index contributed by atoms with van der Waals surface area (Å²) in [6.45, 7) is 1.85. The average Bonchev–Trinajstić information content (AvgIpc) is 2.39. The Labute approximate surface area is 104 Å². The van der Waals surface area contributed by atoms with Crippen molar-refractivity contribution in [1.82, 2.24) is 4.98 Å². The number of halogens is 2. The van der Waals surface area contributed by atoms with E-state index in [1.54, 1.807) is 18.3 Å². The highest BCUT2D eigenvalue weighted by molar-refractivity contribution is 5.31. The predicted molar refractivity (Wildman–Crippen MR) is 64.4 cm³/mol. The zero-order chi connectivity index (χ0) is 13.1. The summed E-state index contributed by atoms with van der Waals surface area (Å²) in [6, 6.07) is 9.23. The number of alkyl halides is 2. The van der Waals surface area contributed by atoms with Crippen LogP contribution in [0.15, 0.2) is 42.6 Å². The molecule has 18 heavy (non-hydrogen) atoms. The minimum absolute atomic E-state index is 0.0482. The monoisotopic (exact) mass is 249 g/mol. The van der Waals surface area contributed by atoms with Gasteiger partial charge in [0.05, 0.1) is 0 Å². The van der Waals surface area contributed by atoms with Gasteiger partial charge in [0.2, 0.25) is 0 Å². The molecular formula is C14H13F2NO. The maximum Gasteiger partial charge on any atom is 0.263 e. The Hall–Kier alpha value is -1.81. The Morgan fingerprint density at radius 3 is 2.00 bits per heavy atom. The molecule has 0 aliphatic carbocycles. The SMILES string of the molecule is Cc1ccc(C(O)c2ccc(C(F)F)cc2)cn1. The number of aliphatic hydroxyl groups excluding tert-OH is 1. The van der Waals surface area contributed by atoms with Gasteiger partial charge in [-0.25, -0.2) is 8.78 Å². The van der Waals surface area contributed by atoms with Crippen molar-refractivity contribution in [3.8, 4) is 0 Å². The Morgan fingerprint density at radius 2 is 1.50 bits per heavy atom. The van der Waals surface area contributed by atoms with Gasteiger partial charge < -0.3 is 5.11 Å². The smallest absolute Gasteiger partial charge is 0.263 e. The molecule has 1 unspecified atom stereocenters. The van der Waals surface area contributed by atoms with Gasteiger partial charge in [0.25, 0.3) is 6.43 Å². The number of benzene rings is 1. The number of pyridine rings is 1. The number of rotatable bonds is 3. The molecule has 0 saturated heterocycles. The molecule has 1 aromatic carbocycles. The van der Waals surface area contributed by atoms with Crippen LogP contribution in [0, 0.1) is 6.92 Å². The van der Waals surface area contributed by atoms with Gasteiger partial charge in [0, 0.05) is 23.0 Å². The summed E-state index contributed by atoms with van der Waals surface area (Å²) in [6.07, 6.45) is -1.75. The molecule has 1 heterocycles. The molecule has 0 aliphatic heterocycles. The summed E-state index contributed by atoms with van der Waals surface area (Å²) in [7, 11) is 0. The maximum absolute atomic E-state index is 12.4. The molecule has 1 atom stereocenters. The minimum Gasteiger partial charge on any atom is -0.384 e. The zero-order valence-corrected chi connectivity index (χ0v) is 9.85. The molecule has 1 aromatic heterocycles. The third-order valence-corrected chi connectivity index (χ3v) is 2.75. The predicted octanol–water partition coefficient (Wildman–Crippen LogP) is 3.41. The largest absolute Gasteiger partial charge is 0.384 e. The van der Waals surface area contributed by atoms with E-state index in [1.165, 1.54) is 24.3 Å². The van der Waals surface area contributed by atoms with Crippen molar-refractivity contribution in [2.75, 3.05) is 0 Å². The lowest BCUT2D eigenvalue weighted by Gasteiger charge is -2.11. The highest BCUT2D eigenvalue weighted by atomic mass is 19.3. The van der Waals surface area contributed by atoms with Gasteiger partial charge in [-0.15, -0.1) is 0 Å². The van der Waals surface area contributed by atoms with E-state index in [0.29, 0.717) is 11.1 Å². The molecule has 0 amide bonds. The van der Waals surface area contributed by atoms with E-state index in [1.807, 2.05) is 6.92 Å². The first kappa shape index (κ1) is 12.6. The van der Waals surface area contributed by atoms with Crippen molar-refractivity contribution >= 4 is 0 Å². The van der Waals surface area contributed by atoms with E-state index in [0.717, 1.165) is 5.69 Å². The zero-order valence-electron chi connectivity index (χ0n) is 9.85. The molecule has 94 valence electrons. The van der Waals surface area contributed by atoms with Crippen LogP contribution in [-0.2, 0) is 0 Å². The highest BCUT2D eigenvalue weighted by Crippen LogP contribution is 2.24. The molecule has 0 bridgehead atoms. The summed E-state index contributed by atoms with van der Waals surface area (Å²) in [5.41, 5.74) is 2.03. The molecule has 1 N–H and O–H groups in total. The number of aromatic nitrogens is 1. The summed E-state index contributed by atoms with van der Waals surface area (Å²) < 4.78 is 24.8. The van der Waals surface area contributed by atoms with E-state index in [2.05, 4.69) is 4.98 Å². The van der Waals surface area contributed by atoms with Crippen molar-refractivity contribution in [3.05, 3.63) is 65.0 Å². The second-order valence-corrected chi connectivity index (χ2v) is 4.10. The van der Waals surface area contributed by atoms with E-state index in [9.17, 15) is 13.9 Å². The Balaban J connectivity index is 2.23. The first-order valence-corrected chi connectivity index (χ1v) is 5.56. The first-order chi connectivity index (χ1) is 8.58. The second kappa shape index (κ2) is 5.23. The Bertz CT molecular complexity index is 508. The third kappa shape index (κ3) is 2.71. The number of hydrogen-bond acceptors (Lipinski definition) is 2. The van der Waals surface area contributed by atoms with E-state index >= 15 is 0 Å². The molecule has 0 radical (unpaired) electrons. The van der Waals surface area contributed by atoms with Gasteiger partial charge in [-0.1, -0.05) is 30.3 Å². The van der Waals surface area contributed by atoms with Crippen LogP contribution < -0.4 is 0 Å². The van der Waals surface area contributed by atoms with Crippen LogP contribution in [0.1, 0.15) is 34.9 Å². The van der Waals surface area contributed by atoms with Crippen LogP contribution in [0.4, 0.5) is 8.78 Å². The van der Waals surface area contributed by atoms with Crippen molar-refractivity contribution in [2.45, 2.75) is 19.5 Å². The Kier molecular flexibility index (Phi) is 3.67. The molecule has 0 aliphatic rings. The van der Waals surface area contributed by atoms with E-state index in [4.69, 9.17) is 0 Å². The summed E-state index contributed by atoms with van der Waals surface area (Å²) in [5, 5.41) is 10.1. The van der Waals surface area contributed by atoms with Crippen molar-refractivity contribution in [1.29, 1.82) is 0 Å². The topological polar surface area (TPSA) is 33.1 Å². The van der Waals surface area contributed by atoms with Crippen LogP contribution in [0.3, 0.4) is 0 Å². The molecule has 0 spiro atoms. The molecular weight excluding hydrogens is 236 g/mol. The molecule has 2 aromatic rings. The summed E-state index contributed by atoms with van der Waals surface area (Å²) >= 11 is 0. The van der Waals surface area contributed by atoms with Crippen molar-refractivity contribution in [2.24, 2.45) is 0 Å². The summed E-state index contributed by atoms with van der Waals surface area (Å²) in [5.74, 6) is 0. The number of nitrogens with zero attached hydrogens (tertiary/aromatic N) is 1. The first-order valence-electron chi connectivity index (χ1n) is 5.56. The van der Waals surface area contributed by atoms with Gasteiger partial charge in [-0.2, -0.15) is 0 Å². The molecule has 2 rings (SSSR count). The quantitative estimate of drug-likeness (QED) is 0.904. The number of aryl methyl sites for hydroxylation is 1. The number of aliphatic hydroxyl groups is 1. The highest BCUT2D eigenvalue weighted by Gasteiger charge is 2.12. The summed E-state index contributed by atoms with van der Waals surface area (Å²) in [4.78, 5) is 4.09. The lowest BCUT2D eigenvalue weighted by Crippen LogP contribution is -2.00. The number of hydrogen-bond donors (Lipinski definition) is 1. The molecule has 2 nitrogen and oxygen atoms in total. The van der Waals surface area contributed by atoms with Crippen molar-refractivity contribution in [3.63, 3.8) is 0 Å². The lowest BCUT2D eigenvalue weighted by molar-refractivity contribution is 0.151. The van der Waals surface area contributed by atoms with E-state index in [-0.39, 0.29) is 5.56 Å². The van der Waals surface area contributed by atoms with Gasteiger partial charge in [-0.05, 0) is 18.6 Å². The van der Waals surface area contributed by atoms with Gasteiger partial charge in [0.1, 0.15) is 6.10 Å². The molecule has 4 heteroatoms. The van der Waals surface area contributed by atoms with Gasteiger partial charge in [-0.3, -0.25) is 4.98 Å². The van der Waals surface area contributed by atoms with Crippen LogP contribution in [0.2, 0.25) is 0 Å². The second-order valence-electron chi connectivity index (χ2n) is 4.10. The Morgan fingerprint density at radius 1 is 0.944 bits per heavy atom. The van der Waals surface area contributed by atoms with Crippen LogP contribution >= 0.6 is 0 Å². The van der Waals surface area contributed by atoms with Crippen LogP contribution in [0.5, 0.6) is 0 Å². The van der Waals surface area contributed by atoms with Crippen LogP contribution in [0.25, 0.3) is 0 Å². The fourth-order valence-electron chi connectivity index (χ4n) is 1.66. The fourth-order valence-corrected chi connectivity index (χ4v) is 1.66. The normalized spacial score (nSPS) is 12.7. The van der Waals surface area contributed by atoms with E-state index < -0.39 is 12.5 Å². The lowest BCUT2D eigenvalue weighted by atomic mass is 10.0. The van der Waals surface area contributed by atoms with Gasteiger partial charge >= 0.3 is 0 Å². The fraction of sp³-hybridized carbons (Fsp3) is 0.214. The standard InChI is InChI=1S/C14H13F2NO/c1-9-2-3-12(8-17-9)13(18)10-4-6-11(7-5-10)14(15)16/h2-8,13-14,18H,1H3. The van der Waals surface area contributed by atoms with Gasteiger partial charge in [0.15, 0.2) is 0 Å². The maximum atomic E-state index is 12.4.